The van der Waals surface area contributed by atoms with Crippen molar-refractivity contribution in [3.8, 4) is 11.6 Å². The first kappa shape index (κ1) is 26.0. The van der Waals surface area contributed by atoms with Crippen molar-refractivity contribution in [2.75, 3.05) is 6.61 Å². The molecule has 0 saturated carbocycles. The lowest BCUT2D eigenvalue weighted by atomic mass is 9.94. The van der Waals surface area contributed by atoms with Gasteiger partial charge in [-0.15, -0.1) is 0 Å². The number of carboxylic acid groups (broad SMARTS) is 1. The number of rotatable bonds is 10. The lowest BCUT2D eigenvalue weighted by Crippen LogP contribution is -2.38. The summed E-state index contributed by atoms with van der Waals surface area (Å²) in [5.74, 6) is -1.30. The number of carboxylic acids is 1. The van der Waals surface area contributed by atoms with Crippen molar-refractivity contribution in [3.05, 3.63) is 77.0 Å². The molecule has 35 heavy (non-hydrogen) atoms. The van der Waals surface area contributed by atoms with E-state index in [4.69, 9.17) is 4.74 Å². The fourth-order valence-electron chi connectivity index (χ4n) is 3.58. The van der Waals surface area contributed by atoms with Gasteiger partial charge in [-0.2, -0.15) is 5.10 Å². The standard InChI is InChI=1S/C27H33N3O5/c1-17(2)27(5,34)16-35-24-14-23(29-30(24)20-9-7-6-8-10-20)26(33)28-22(15-25(31)32)21-12-11-18(3)13-19(21)4/h6-14,17,22,34H,15-16H2,1-5H3,(H,28,33)(H,31,32). The highest BCUT2D eigenvalue weighted by Crippen LogP contribution is 2.25. The highest BCUT2D eigenvalue weighted by atomic mass is 16.5. The summed E-state index contributed by atoms with van der Waals surface area (Å²) < 4.78 is 7.41. The van der Waals surface area contributed by atoms with Crippen LogP contribution < -0.4 is 10.1 Å². The second kappa shape index (κ2) is 10.7. The van der Waals surface area contributed by atoms with Gasteiger partial charge < -0.3 is 20.3 Å². The molecule has 0 radical (unpaired) electrons. The van der Waals surface area contributed by atoms with Crippen LogP contribution in [0.1, 0.15) is 60.4 Å². The Balaban J connectivity index is 1.92. The minimum atomic E-state index is -1.08. The molecular weight excluding hydrogens is 446 g/mol. The van der Waals surface area contributed by atoms with Crippen molar-refractivity contribution < 1.29 is 24.5 Å². The number of amides is 1. The van der Waals surface area contributed by atoms with Crippen molar-refractivity contribution >= 4 is 11.9 Å². The zero-order valence-electron chi connectivity index (χ0n) is 20.8. The summed E-state index contributed by atoms with van der Waals surface area (Å²) in [6, 6.07) is 15.6. The number of ether oxygens (including phenoxy) is 1. The topological polar surface area (TPSA) is 114 Å². The number of para-hydroxylation sites is 1. The predicted octanol–water partition coefficient (Wildman–Crippen LogP) is 4.22. The number of hydrogen-bond acceptors (Lipinski definition) is 5. The molecule has 0 aliphatic heterocycles. The van der Waals surface area contributed by atoms with Gasteiger partial charge in [0.15, 0.2) is 5.69 Å². The summed E-state index contributed by atoms with van der Waals surface area (Å²) >= 11 is 0. The SMILES string of the molecule is Cc1ccc(C(CC(=O)O)NC(=O)c2cc(OCC(C)(O)C(C)C)n(-c3ccccc3)n2)c(C)c1. The second-order valence-electron chi connectivity index (χ2n) is 9.40. The van der Waals surface area contributed by atoms with Gasteiger partial charge in [0, 0.05) is 6.07 Å². The van der Waals surface area contributed by atoms with Crippen molar-refractivity contribution in [1.29, 1.82) is 0 Å². The molecule has 3 aromatic rings. The van der Waals surface area contributed by atoms with Gasteiger partial charge in [0.25, 0.3) is 5.91 Å². The first-order valence-corrected chi connectivity index (χ1v) is 11.6. The fraction of sp³-hybridized carbons (Fsp3) is 0.370. The number of aromatic nitrogens is 2. The van der Waals surface area contributed by atoms with E-state index in [1.807, 2.05) is 76.2 Å². The molecule has 1 aromatic heterocycles. The van der Waals surface area contributed by atoms with E-state index in [2.05, 4.69) is 10.4 Å². The summed E-state index contributed by atoms with van der Waals surface area (Å²) in [5, 5.41) is 27.3. The van der Waals surface area contributed by atoms with E-state index in [-0.39, 0.29) is 24.6 Å². The average Bonchev–Trinajstić information content (AvgIpc) is 3.22. The van der Waals surface area contributed by atoms with Gasteiger partial charge in [-0.1, -0.05) is 55.8 Å². The van der Waals surface area contributed by atoms with Crippen LogP contribution in [-0.2, 0) is 4.79 Å². The van der Waals surface area contributed by atoms with Crippen LogP contribution in [0.4, 0.5) is 0 Å². The Labute approximate surface area is 205 Å². The first-order chi connectivity index (χ1) is 16.5. The molecule has 1 heterocycles. The predicted molar refractivity (Wildman–Crippen MR) is 133 cm³/mol. The Morgan fingerprint density at radius 1 is 1.11 bits per heavy atom. The van der Waals surface area contributed by atoms with E-state index in [9.17, 15) is 19.8 Å². The second-order valence-corrected chi connectivity index (χ2v) is 9.40. The monoisotopic (exact) mass is 479 g/mol. The molecule has 0 saturated heterocycles. The van der Waals surface area contributed by atoms with E-state index < -0.39 is 23.5 Å². The van der Waals surface area contributed by atoms with Gasteiger partial charge in [-0.05, 0) is 49.9 Å². The van der Waals surface area contributed by atoms with Crippen LogP contribution in [0.5, 0.6) is 5.88 Å². The fourth-order valence-corrected chi connectivity index (χ4v) is 3.58. The molecule has 3 N–H and O–H groups in total. The number of hydrogen-bond donors (Lipinski definition) is 3. The van der Waals surface area contributed by atoms with Crippen molar-refractivity contribution in [2.45, 2.75) is 52.7 Å². The van der Waals surface area contributed by atoms with Gasteiger partial charge in [0.2, 0.25) is 5.88 Å². The lowest BCUT2D eigenvalue weighted by molar-refractivity contribution is -0.137. The van der Waals surface area contributed by atoms with Crippen molar-refractivity contribution in [1.82, 2.24) is 15.1 Å². The number of aliphatic carboxylic acids is 1. The molecule has 2 atom stereocenters. The molecular formula is C27H33N3O5. The normalized spacial score (nSPS) is 13.8. The third-order valence-electron chi connectivity index (χ3n) is 6.15. The Hall–Kier alpha value is -3.65. The van der Waals surface area contributed by atoms with E-state index in [1.165, 1.54) is 10.7 Å². The average molecular weight is 480 g/mol. The van der Waals surface area contributed by atoms with E-state index >= 15 is 0 Å². The summed E-state index contributed by atoms with van der Waals surface area (Å²) in [6.45, 7) is 9.33. The number of nitrogens with one attached hydrogen (secondary N) is 1. The molecule has 8 heteroatoms. The van der Waals surface area contributed by atoms with Gasteiger partial charge in [0.1, 0.15) is 6.61 Å². The largest absolute Gasteiger partial charge is 0.481 e. The molecule has 0 aliphatic rings. The quantitative estimate of drug-likeness (QED) is 0.401. The minimum Gasteiger partial charge on any atom is -0.481 e. The lowest BCUT2D eigenvalue weighted by Gasteiger charge is -2.27. The molecule has 0 bridgehead atoms. The molecule has 186 valence electrons. The van der Waals surface area contributed by atoms with Crippen LogP contribution in [0.2, 0.25) is 0 Å². The first-order valence-electron chi connectivity index (χ1n) is 11.6. The third-order valence-corrected chi connectivity index (χ3v) is 6.15. The zero-order valence-corrected chi connectivity index (χ0v) is 20.8. The van der Waals surface area contributed by atoms with E-state index in [0.717, 1.165) is 16.7 Å². The molecule has 1 amide bonds. The van der Waals surface area contributed by atoms with E-state index in [1.54, 1.807) is 6.92 Å². The van der Waals surface area contributed by atoms with Gasteiger partial charge in [-0.3, -0.25) is 9.59 Å². The maximum absolute atomic E-state index is 13.2. The number of benzene rings is 2. The number of carbonyl (C=O) groups excluding carboxylic acids is 1. The van der Waals surface area contributed by atoms with Crippen LogP contribution in [-0.4, -0.2) is 44.1 Å². The van der Waals surface area contributed by atoms with E-state index in [0.29, 0.717) is 11.6 Å². The molecule has 3 rings (SSSR count). The minimum absolute atomic E-state index is 0.00839. The van der Waals surface area contributed by atoms with Gasteiger partial charge in [0.05, 0.1) is 23.8 Å². The number of nitrogens with zero attached hydrogens (tertiary/aromatic N) is 2. The van der Waals surface area contributed by atoms with Crippen LogP contribution in [0.25, 0.3) is 5.69 Å². The van der Waals surface area contributed by atoms with Crippen LogP contribution in [0.3, 0.4) is 0 Å². The summed E-state index contributed by atoms with van der Waals surface area (Å²) in [4.78, 5) is 24.8. The third kappa shape index (κ3) is 6.48. The molecule has 2 aromatic carbocycles. The van der Waals surface area contributed by atoms with Gasteiger partial charge in [-0.25, -0.2) is 4.68 Å². The zero-order chi connectivity index (χ0) is 25.8. The Bertz CT molecular complexity index is 1180. The van der Waals surface area contributed by atoms with Crippen LogP contribution in [0.15, 0.2) is 54.6 Å². The highest BCUT2D eigenvalue weighted by molar-refractivity contribution is 5.93. The maximum Gasteiger partial charge on any atom is 0.305 e. The Kier molecular flexibility index (Phi) is 7.96. The number of carbonyl (C=O) groups is 2. The molecule has 8 nitrogen and oxygen atoms in total. The summed E-state index contributed by atoms with van der Waals surface area (Å²) in [5.41, 5.74) is 2.36. The highest BCUT2D eigenvalue weighted by Gasteiger charge is 2.28. The smallest absolute Gasteiger partial charge is 0.305 e. The number of aryl methyl sites for hydroxylation is 2. The summed E-state index contributed by atoms with van der Waals surface area (Å²) in [6.07, 6.45) is -0.268. The molecule has 0 fully saturated rings. The van der Waals surface area contributed by atoms with Crippen LogP contribution in [0, 0.1) is 19.8 Å². The Morgan fingerprint density at radius 3 is 2.40 bits per heavy atom. The van der Waals surface area contributed by atoms with Gasteiger partial charge >= 0.3 is 5.97 Å². The maximum atomic E-state index is 13.2. The molecule has 2 unspecified atom stereocenters. The van der Waals surface area contributed by atoms with Crippen LogP contribution >= 0.6 is 0 Å². The molecule has 0 aliphatic carbocycles. The number of aliphatic hydroxyl groups is 1. The Morgan fingerprint density at radius 2 is 1.80 bits per heavy atom. The summed E-state index contributed by atoms with van der Waals surface area (Å²) in [7, 11) is 0. The molecule has 0 spiro atoms. The van der Waals surface area contributed by atoms with Crippen molar-refractivity contribution in [3.63, 3.8) is 0 Å². The van der Waals surface area contributed by atoms with Crippen molar-refractivity contribution in [2.24, 2.45) is 5.92 Å².